The highest BCUT2D eigenvalue weighted by atomic mass is 19.2. The summed E-state index contributed by atoms with van der Waals surface area (Å²) in [4.78, 5) is 29.4. The Kier molecular flexibility index (Phi) is 4.88. The standard InChI is InChI=1S/C22H21F2N5O2/c23-16-4-3-15(12-17(16)24)29-20(30)2-1-5-22(29)6-9-28(10-7-22)19-13-18(26-14-27-19)21-25-8-11-31-21/h3-4,8,11-14H,1-2,5-7,9-10H2. The van der Waals surface area contributed by atoms with Gasteiger partial charge in [0.2, 0.25) is 11.8 Å². The number of amides is 1. The topological polar surface area (TPSA) is 75.4 Å². The second-order valence-electron chi connectivity index (χ2n) is 7.99. The summed E-state index contributed by atoms with van der Waals surface area (Å²) in [5.74, 6) is -0.704. The second kappa shape index (κ2) is 7.72. The molecule has 0 bridgehead atoms. The summed E-state index contributed by atoms with van der Waals surface area (Å²) in [7, 11) is 0. The lowest BCUT2D eigenvalue weighted by molar-refractivity contribution is -0.121. The van der Waals surface area contributed by atoms with E-state index >= 15 is 0 Å². The fraction of sp³-hybridized carbons (Fsp3) is 0.364. The van der Waals surface area contributed by atoms with Gasteiger partial charge in [0.15, 0.2) is 11.6 Å². The van der Waals surface area contributed by atoms with E-state index in [0.717, 1.165) is 30.8 Å². The predicted octanol–water partition coefficient (Wildman–Crippen LogP) is 3.97. The normalized spacial score (nSPS) is 18.6. The van der Waals surface area contributed by atoms with E-state index < -0.39 is 17.2 Å². The molecular formula is C22H21F2N5O2. The van der Waals surface area contributed by atoms with Gasteiger partial charge in [0.05, 0.1) is 11.7 Å². The van der Waals surface area contributed by atoms with Gasteiger partial charge in [0, 0.05) is 37.3 Å². The summed E-state index contributed by atoms with van der Waals surface area (Å²) in [6.07, 6.45) is 7.99. The molecule has 0 N–H and O–H groups in total. The van der Waals surface area contributed by atoms with Crippen molar-refractivity contribution in [2.45, 2.75) is 37.6 Å². The number of nitrogens with zero attached hydrogens (tertiary/aromatic N) is 5. The van der Waals surface area contributed by atoms with Crippen molar-refractivity contribution in [1.82, 2.24) is 15.0 Å². The molecule has 1 aromatic carbocycles. The Hall–Kier alpha value is -3.36. The molecule has 0 atom stereocenters. The second-order valence-corrected chi connectivity index (χ2v) is 7.99. The summed E-state index contributed by atoms with van der Waals surface area (Å²) in [6.45, 7) is 1.35. The monoisotopic (exact) mass is 425 g/mol. The molecule has 1 spiro atoms. The highest BCUT2D eigenvalue weighted by Gasteiger charge is 2.45. The first-order chi connectivity index (χ1) is 15.1. The molecule has 7 nitrogen and oxygen atoms in total. The molecule has 31 heavy (non-hydrogen) atoms. The number of aromatic nitrogens is 3. The predicted molar refractivity (Wildman–Crippen MR) is 109 cm³/mol. The number of rotatable bonds is 3. The van der Waals surface area contributed by atoms with Gasteiger partial charge in [0.25, 0.3) is 0 Å². The van der Waals surface area contributed by atoms with E-state index in [1.165, 1.54) is 18.7 Å². The smallest absolute Gasteiger partial charge is 0.245 e. The van der Waals surface area contributed by atoms with E-state index in [2.05, 4.69) is 19.9 Å². The average Bonchev–Trinajstić information content (AvgIpc) is 3.32. The molecule has 5 rings (SSSR count). The minimum Gasteiger partial charge on any atom is -0.443 e. The summed E-state index contributed by atoms with van der Waals surface area (Å²) < 4.78 is 32.7. The Morgan fingerprint density at radius 1 is 1.00 bits per heavy atom. The van der Waals surface area contributed by atoms with Gasteiger partial charge in [0.1, 0.15) is 24.1 Å². The molecule has 1 amide bonds. The summed E-state index contributed by atoms with van der Waals surface area (Å²) in [5, 5.41) is 0. The molecule has 9 heteroatoms. The Balaban J connectivity index is 1.39. The molecule has 160 valence electrons. The third-order valence-electron chi connectivity index (χ3n) is 6.24. The average molecular weight is 425 g/mol. The van der Waals surface area contributed by atoms with E-state index in [9.17, 15) is 13.6 Å². The number of hydrogen-bond acceptors (Lipinski definition) is 6. The van der Waals surface area contributed by atoms with Crippen LogP contribution in [0.15, 0.2) is 47.5 Å². The SMILES string of the molecule is O=C1CCCC2(CCN(c3cc(-c4ncco4)ncn3)CC2)N1c1ccc(F)c(F)c1. The van der Waals surface area contributed by atoms with Gasteiger partial charge in [-0.1, -0.05) is 0 Å². The van der Waals surface area contributed by atoms with Crippen molar-refractivity contribution < 1.29 is 18.0 Å². The fourth-order valence-electron chi connectivity index (χ4n) is 4.71. The highest BCUT2D eigenvalue weighted by molar-refractivity contribution is 5.95. The molecule has 2 aliphatic heterocycles. The van der Waals surface area contributed by atoms with Crippen molar-refractivity contribution >= 4 is 17.4 Å². The minimum atomic E-state index is -0.941. The van der Waals surface area contributed by atoms with Crippen LogP contribution in [0, 0.1) is 11.6 Å². The van der Waals surface area contributed by atoms with E-state index in [1.807, 2.05) is 6.07 Å². The zero-order valence-corrected chi connectivity index (χ0v) is 16.8. The van der Waals surface area contributed by atoms with Crippen molar-refractivity contribution in [2.24, 2.45) is 0 Å². The van der Waals surface area contributed by atoms with Crippen LogP contribution in [-0.4, -0.2) is 39.5 Å². The Labute approximate surface area is 177 Å². The number of hydrogen-bond donors (Lipinski definition) is 0. The van der Waals surface area contributed by atoms with Crippen molar-refractivity contribution in [2.75, 3.05) is 22.9 Å². The van der Waals surface area contributed by atoms with Gasteiger partial charge >= 0.3 is 0 Å². The minimum absolute atomic E-state index is 0.0427. The number of anilines is 2. The first-order valence-corrected chi connectivity index (χ1v) is 10.3. The Bertz CT molecular complexity index is 1100. The third kappa shape index (κ3) is 3.54. The van der Waals surface area contributed by atoms with E-state index in [0.29, 0.717) is 49.6 Å². The van der Waals surface area contributed by atoms with Crippen LogP contribution in [0.5, 0.6) is 0 Å². The van der Waals surface area contributed by atoms with Crippen LogP contribution in [0.4, 0.5) is 20.3 Å². The van der Waals surface area contributed by atoms with Gasteiger partial charge in [-0.2, -0.15) is 0 Å². The van der Waals surface area contributed by atoms with Crippen LogP contribution in [-0.2, 0) is 4.79 Å². The van der Waals surface area contributed by atoms with Crippen LogP contribution in [0.2, 0.25) is 0 Å². The van der Waals surface area contributed by atoms with Crippen molar-refractivity contribution in [3.05, 3.63) is 54.7 Å². The number of carbonyl (C=O) groups excluding carboxylic acids is 1. The molecule has 3 aromatic rings. The number of oxazole rings is 1. The largest absolute Gasteiger partial charge is 0.443 e. The van der Waals surface area contributed by atoms with Crippen LogP contribution >= 0.6 is 0 Å². The Morgan fingerprint density at radius 2 is 1.84 bits per heavy atom. The number of benzene rings is 1. The fourth-order valence-corrected chi connectivity index (χ4v) is 4.71. The zero-order valence-electron chi connectivity index (χ0n) is 16.8. The van der Waals surface area contributed by atoms with Crippen molar-refractivity contribution in [3.63, 3.8) is 0 Å². The number of carbonyl (C=O) groups is 1. The molecule has 2 fully saturated rings. The van der Waals surface area contributed by atoms with Crippen molar-refractivity contribution in [1.29, 1.82) is 0 Å². The maximum absolute atomic E-state index is 13.9. The van der Waals surface area contributed by atoms with Gasteiger partial charge in [-0.15, -0.1) is 0 Å². The molecule has 2 saturated heterocycles. The van der Waals surface area contributed by atoms with Crippen LogP contribution in [0.3, 0.4) is 0 Å². The maximum atomic E-state index is 13.9. The number of piperidine rings is 2. The Morgan fingerprint density at radius 3 is 2.58 bits per heavy atom. The summed E-state index contributed by atoms with van der Waals surface area (Å²) in [5.41, 5.74) is 0.617. The lowest BCUT2D eigenvalue weighted by Crippen LogP contribution is -2.60. The van der Waals surface area contributed by atoms with Crippen LogP contribution < -0.4 is 9.80 Å². The molecular weight excluding hydrogens is 404 g/mol. The van der Waals surface area contributed by atoms with Gasteiger partial charge in [-0.05, 0) is 37.8 Å². The van der Waals surface area contributed by atoms with Crippen LogP contribution in [0.1, 0.15) is 32.1 Å². The zero-order chi connectivity index (χ0) is 21.4. The highest BCUT2D eigenvalue weighted by Crippen LogP contribution is 2.42. The van der Waals surface area contributed by atoms with E-state index in [-0.39, 0.29) is 5.91 Å². The third-order valence-corrected chi connectivity index (χ3v) is 6.24. The first kappa shape index (κ1) is 19.6. The molecule has 2 aromatic heterocycles. The molecule has 0 saturated carbocycles. The molecule has 0 radical (unpaired) electrons. The molecule has 0 unspecified atom stereocenters. The summed E-state index contributed by atoms with van der Waals surface area (Å²) in [6, 6.07) is 5.53. The van der Waals surface area contributed by atoms with E-state index in [1.54, 1.807) is 11.1 Å². The lowest BCUT2D eigenvalue weighted by atomic mass is 9.78. The van der Waals surface area contributed by atoms with Crippen LogP contribution in [0.25, 0.3) is 11.6 Å². The number of halogens is 2. The molecule has 0 aliphatic carbocycles. The molecule has 4 heterocycles. The quantitative estimate of drug-likeness (QED) is 0.632. The van der Waals surface area contributed by atoms with E-state index in [4.69, 9.17) is 4.42 Å². The van der Waals surface area contributed by atoms with Gasteiger partial charge < -0.3 is 14.2 Å². The first-order valence-electron chi connectivity index (χ1n) is 10.3. The summed E-state index contributed by atoms with van der Waals surface area (Å²) >= 11 is 0. The lowest BCUT2D eigenvalue weighted by Gasteiger charge is -2.51. The van der Waals surface area contributed by atoms with Gasteiger partial charge in [-0.3, -0.25) is 4.79 Å². The van der Waals surface area contributed by atoms with Gasteiger partial charge in [-0.25, -0.2) is 23.7 Å². The van der Waals surface area contributed by atoms with Crippen molar-refractivity contribution in [3.8, 4) is 11.6 Å². The molecule has 2 aliphatic rings. The maximum Gasteiger partial charge on any atom is 0.245 e.